The molecule has 0 saturated carbocycles. The molecule has 0 bridgehead atoms. The van der Waals surface area contributed by atoms with Crippen LogP contribution in [0.4, 0.5) is 0 Å². The summed E-state index contributed by atoms with van der Waals surface area (Å²) in [7, 11) is 2.05. The van der Waals surface area contributed by atoms with E-state index in [9.17, 15) is 0 Å². The summed E-state index contributed by atoms with van der Waals surface area (Å²) in [5, 5.41) is 0. The first-order valence-corrected chi connectivity index (χ1v) is 5.57. The summed E-state index contributed by atoms with van der Waals surface area (Å²) in [5.41, 5.74) is 4.01. The van der Waals surface area contributed by atoms with Gasteiger partial charge in [-0.25, -0.2) is 0 Å². The van der Waals surface area contributed by atoms with Gasteiger partial charge in [-0.2, -0.15) is 0 Å². The minimum atomic E-state index is 0.768. The van der Waals surface area contributed by atoms with Crippen LogP contribution in [0.3, 0.4) is 0 Å². The minimum absolute atomic E-state index is 0.768. The Morgan fingerprint density at radius 1 is 1.60 bits per heavy atom. The van der Waals surface area contributed by atoms with Gasteiger partial charge in [0.25, 0.3) is 0 Å². The van der Waals surface area contributed by atoms with Gasteiger partial charge in [-0.1, -0.05) is 19.8 Å². The van der Waals surface area contributed by atoms with Gasteiger partial charge in [0.05, 0.1) is 13.3 Å². The molecule has 0 aromatic rings. The summed E-state index contributed by atoms with van der Waals surface area (Å²) in [6, 6.07) is 0. The van der Waals surface area contributed by atoms with Crippen molar-refractivity contribution in [2.75, 3.05) is 26.9 Å². The van der Waals surface area contributed by atoms with Crippen LogP contribution in [-0.4, -0.2) is 38.0 Å². The molecule has 0 amide bonds. The van der Waals surface area contributed by atoms with Gasteiger partial charge in [0, 0.05) is 24.5 Å². The van der Waals surface area contributed by atoms with Gasteiger partial charge in [-0.15, -0.1) is 0 Å². The molecule has 0 fully saturated rings. The van der Waals surface area contributed by atoms with Crippen molar-refractivity contribution >= 4 is 6.21 Å². The van der Waals surface area contributed by atoms with Crippen molar-refractivity contribution in [3.05, 3.63) is 11.8 Å². The van der Waals surface area contributed by atoms with E-state index in [4.69, 9.17) is 4.84 Å². The predicted octanol–water partition coefficient (Wildman–Crippen LogP) is 1.56. The standard InChI is InChI=1S/C11H21N3O/c1-3-4-5-6-15-13-8-11-7-12-10-14(2)9-11/h7-8,13H,3-6,9-10H2,1-2H3/b11-8-. The lowest BCUT2D eigenvalue weighted by molar-refractivity contribution is 0.0677. The van der Waals surface area contributed by atoms with Crippen LogP contribution in [0, 0.1) is 0 Å². The zero-order chi connectivity index (χ0) is 10.9. The number of rotatable bonds is 6. The van der Waals surface area contributed by atoms with E-state index in [1.165, 1.54) is 12.8 Å². The lowest BCUT2D eigenvalue weighted by Gasteiger charge is -2.18. The molecule has 1 N–H and O–H groups in total. The number of nitrogens with one attached hydrogen (secondary N) is 1. The van der Waals surface area contributed by atoms with Crippen molar-refractivity contribution in [3.8, 4) is 0 Å². The van der Waals surface area contributed by atoms with E-state index in [-0.39, 0.29) is 0 Å². The zero-order valence-corrected chi connectivity index (χ0v) is 9.70. The second-order valence-electron chi connectivity index (χ2n) is 3.86. The van der Waals surface area contributed by atoms with E-state index in [1.54, 1.807) is 0 Å². The first-order chi connectivity index (χ1) is 7.33. The van der Waals surface area contributed by atoms with Crippen LogP contribution in [0.2, 0.25) is 0 Å². The summed E-state index contributed by atoms with van der Waals surface area (Å²) < 4.78 is 0. The van der Waals surface area contributed by atoms with E-state index < -0.39 is 0 Å². The van der Waals surface area contributed by atoms with Gasteiger partial charge in [-0.3, -0.25) is 20.2 Å². The second-order valence-corrected chi connectivity index (χ2v) is 3.86. The molecule has 0 atom stereocenters. The van der Waals surface area contributed by atoms with E-state index in [0.717, 1.165) is 31.8 Å². The highest BCUT2D eigenvalue weighted by Gasteiger charge is 2.04. The molecule has 0 aromatic heterocycles. The fourth-order valence-electron chi connectivity index (χ4n) is 1.38. The minimum Gasteiger partial charge on any atom is -0.283 e. The molecule has 4 nitrogen and oxygen atoms in total. The Bertz CT molecular complexity index is 226. The fraction of sp³-hybridized carbons (Fsp3) is 0.727. The molecule has 4 heteroatoms. The molecular weight excluding hydrogens is 190 g/mol. The van der Waals surface area contributed by atoms with Gasteiger partial charge in [0.15, 0.2) is 0 Å². The van der Waals surface area contributed by atoms with Crippen molar-refractivity contribution < 1.29 is 4.84 Å². The Morgan fingerprint density at radius 3 is 3.20 bits per heavy atom. The molecule has 0 saturated heterocycles. The SMILES string of the molecule is CCCCCON/C=C1/C=NCN(C)C1. The molecule has 1 heterocycles. The van der Waals surface area contributed by atoms with E-state index in [2.05, 4.69) is 22.3 Å². The zero-order valence-electron chi connectivity index (χ0n) is 9.70. The summed E-state index contributed by atoms with van der Waals surface area (Å²) in [5.74, 6) is 0. The van der Waals surface area contributed by atoms with Crippen molar-refractivity contribution in [3.63, 3.8) is 0 Å². The summed E-state index contributed by atoms with van der Waals surface area (Å²) in [6.45, 7) is 4.66. The number of nitrogens with zero attached hydrogens (tertiary/aromatic N) is 2. The highest BCUT2D eigenvalue weighted by molar-refractivity contribution is 5.79. The third-order valence-electron chi connectivity index (χ3n) is 2.21. The topological polar surface area (TPSA) is 36.9 Å². The summed E-state index contributed by atoms with van der Waals surface area (Å²) in [6.07, 6.45) is 7.33. The molecule has 15 heavy (non-hydrogen) atoms. The molecular formula is C11H21N3O. The lowest BCUT2D eigenvalue weighted by atomic mass is 10.3. The Balaban J connectivity index is 2.09. The predicted molar refractivity (Wildman–Crippen MR) is 62.7 cm³/mol. The molecule has 1 rings (SSSR count). The molecule has 1 aliphatic heterocycles. The first kappa shape index (κ1) is 12.2. The van der Waals surface area contributed by atoms with Crippen molar-refractivity contribution in [1.82, 2.24) is 10.4 Å². The third kappa shape index (κ3) is 5.54. The van der Waals surface area contributed by atoms with Crippen LogP contribution in [0.25, 0.3) is 0 Å². The first-order valence-electron chi connectivity index (χ1n) is 5.57. The van der Waals surface area contributed by atoms with Crippen molar-refractivity contribution in [2.45, 2.75) is 26.2 Å². The molecule has 0 aliphatic carbocycles. The lowest BCUT2D eigenvalue weighted by Crippen LogP contribution is -2.26. The van der Waals surface area contributed by atoms with Crippen LogP contribution in [0.1, 0.15) is 26.2 Å². The number of aliphatic imine (C=N–C) groups is 1. The van der Waals surface area contributed by atoms with Crippen LogP contribution < -0.4 is 5.48 Å². The van der Waals surface area contributed by atoms with E-state index >= 15 is 0 Å². The van der Waals surface area contributed by atoms with Gasteiger partial charge in [-0.05, 0) is 13.5 Å². The number of likely N-dealkylation sites (N-methyl/N-ethyl adjacent to an activating group) is 1. The van der Waals surface area contributed by atoms with E-state index in [1.807, 2.05) is 19.5 Å². The van der Waals surface area contributed by atoms with Crippen molar-refractivity contribution in [1.29, 1.82) is 0 Å². The van der Waals surface area contributed by atoms with Crippen LogP contribution in [0.5, 0.6) is 0 Å². The van der Waals surface area contributed by atoms with Gasteiger partial charge in [0.1, 0.15) is 0 Å². The number of hydrogen-bond acceptors (Lipinski definition) is 4. The normalized spacial score (nSPS) is 19.7. The average molecular weight is 211 g/mol. The Kier molecular flexibility index (Phi) is 6.04. The Hall–Kier alpha value is -0.870. The second kappa shape index (κ2) is 7.43. The van der Waals surface area contributed by atoms with Crippen LogP contribution in [0.15, 0.2) is 16.8 Å². The monoisotopic (exact) mass is 211 g/mol. The quantitative estimate of drug-likeness (QED) is 0.535. The van der Waals surface area contributed by atoms with Gasteiger partial charge < -0.3 is 0 Å². The maximum Gasteiger partial charge on any atom is 0.0909 e. The smallest absolute Gasteiger partial charge is 0.0909 e. The summed E-state index contributed by atoms with van der Waals surface area (Å²) >= 11 is 0. The molecule has 0 spiro atoms. The molecule has 0 radical (unpaired) electrons. The van der Waals surface area contributed by atoms with Gasteiger partial charge >= 0.3 is 0 Å². The van der Waals surface area contributed by atoms with Gasteiger partial charge in [0.2, 0.25) is 0 Å². The third-order valence-corrected chi connectivity index (χ3v) is 2.21. The maximum absolute atomic E-state index is 5.27. The number of hydroxylamine groups is 1. The largest absolute Gasteiger partial charge is 0.283 e. The number of hydrogen-bond donors (Lipinski definition) is 1. The van der Waals surface area contributed by atoms with E-state index in [0.29, 0.717) is 0 Å². The molecule has 0 unspecified atom stereocenters. The highest BCUT2D eigenvalue weighted by Crippen LogP contribution is 1.99. The summed E-state index contributed by atoms with van der Waals surface area (Å²) in [4.78, 5) is 11.6. The van der Waals surface area contributed by atoms with Crippen LogP contribution in [-0.2, 0) is 4.84 Å². The molecule has 0 aromatic carbocycles. The molecule has 86 valence electrons. The van der Waals surface area contributed by atoms with Crippen LogP contribution >= 0.6 is 0 Å². The fourth-order valence-corrected chi connectivity index (χ4v) is 1.38. The average Bonchev–Trinajstić information content (AvgIpc) is 2.23. The van der Waals surface area contributed by atoms with Crippen molar-refractivity contribution in [2.24, 2.45) is 4.99 Å². The molecule has 1 aliphatic rings. The highest BCUT2D eigenvalue weighted by atomic mass is 16.6. The Labute approximate surface area is 92.0 Å². The number of unbranched alkanes of at least 4 members (excludes halogenated alkanes) is 2. The maximum atomic E-state index is 5.27. The Morgan fingerprint density at radius 2 is 2.47 bits per heavy atom.